The van der Waals surface area contributed by atoms with Crippen LogP contribution in [0, 0.1) is 6.92 Å². The second-order valence-corrected chi connectivity index (χ2v) is 9.13. The maximum absolute atomic E-state index is 11.5. The summed E-state index contributed by atoms with van der Waals surface area (Å²) in [5.74, 6) is 0.854. The van der Waals surface area contributed by atoms with Crippen LogP contribution in [0.1, 0.15) is 47.2 Å². The summed E-state index contributed by atoms with van der Waals surface area (Å²) >= 11 is 0. The molecule has 0 radical (unpaired) electrons. The molecule has 1 N–H and O–H groups in total. The van der Waals surface area contributed by atoms with Gasteiger partial charge >= 0.3 is 5.97 Å². The van der Waals surface area contributed by atoms with Gasteiger partial charge in [0, 0.05) is 36.8 Å². The number of ether oxygens (including phenoxy) is 3. The highest BCUT2D eigenvalue weighted by molar-refractivity contribution is 5.91. The van der Waals surface area contributed by atoms with Crippen LogP contribution in [0.2, 0.25) is 0 Å². The van der Waals surface area contributed by atoms with Crippen LogP contribution in [0.3, 0.4) is 0 Å². The molecule has 35 heavy (non-hydrogen) atoms. The SMILES string of the molecule is CCOCCn1cc(C2CCN(CCOc3ccc(C)cc3C(=O)O)CC2)c2cc(OC)ccc21. The quantitative estimate of drug-likeness (QED) is 0.392. The second-order valence-electron chi connectivity index (χ2n) is 9.13. The van der Waals surface area contributed by atoms with Gasteiger partial charge in [-0.2, -0.15) is 0 Å². The fourth-order valence-corrected chi connectivity index (χ4v) is 4.94. The highest BCUT2D eigenvalue weighted by Crippen LogP contribution is 2.36. The van der Waals surface area contributed by atoms with Crippen molar-refractivity contribution in [2.45, 2.75) is 39.2 Å². The number of nitrogens with zero attached hydrogens (tertiary/aromatic N) is 2. The van der Waals surface area contributed by atoms with Crippen LogP contribution in [0.25, 0.3) is 10.9 Å². The number of carbonyl (C=O) groups is 1. The Morgan fingerprint density at radius 3 is 2.60 bits per heavy atom. The lowest BCUT2D eigenvalue weighted by atomic mass is 9.89. The number of carboxylic acid groups (broad SMARTS) is 1. The Hall–Kier alpha value is -3.03. The third-order valence-corrected chi connectivity index (χ3v) is 6.86. The molecule has 1 saturated heterocycles. The predicted octanol–water partition coefficient (Wildman–Crippen LogP) is 4.95. The molecule has 7 nitrogen and oxygen atoms in total. The molecule has 1 aliphatic rings. The van der Waals surface area contributed by atoms with Gasteiger partial charge in [0.1, 0.15) is 23.7 Å². The Kier molecular flexibility index (Phi) is 8.31. The maximum atomic E-state index is 11.5. The molecule has 2 aromatic carbocycles. The largest absolute Gasteiger partial charge is 0.497 e. The molecule has 0 amide bonds. The Labute approximate surface area is 207 Å². The lowest BCUT2D eigenvalue weighted by Gasteiger charge is -2.31. The minimum absolute atomic E-state index is 0.222. The first-order valence-electron chi connectivity index (χ1n) is 12.4. The van der Waals surface area contributed by atoms with E-state index in [0.717, 1.165) is 56.9 Å². The van der Waals surface area contributed by atoms with Crippen molar-refractivity contribution < 1.29 is 24.1 Å². The van der Waals surface area contributed by atoms with E-state index in [1.54, 1.807) is 19.2 Å². The van der Waals surface area contributed by atoms with Crippen LogP contribution in [-0.2, 0) is 11.3 Å². The van der Waals surface area contributed by atoms with Gasteiger partial charge in [-0.1, -0.05) is 11.6 Å². The number of piperidine rings is 1. The number of hydrogen-bond donors (Lipinski definition) is 1. The third-order valence-electron chi connectivity index (χ3n) is 6.86. The lowest BCUT2D eigenvalue weighted by Crippen LogP contribution is -2.35. The van der Waals surface area contributed by atoms with Gasteiger partial charge in [-0.05, 0) is 81.6 Å². The van der Waals surface area contributed by atoms with Crippen molar-refractivity contribution in [2.24, 2.45) is 0 Å². The average molecular weight is 481 g/mol. The molecule has 1 aliphatic heterocycles. The summed E-state index contributed by atoms with van der Waals surface area (Å²) in [5, 5.41) is 10.7. The van der Waals surface area contributed by atoms with Gasteiger partial charge in [-0.25, -0.2) is 4.79 Å². The van der Waals surface area contributed by atoms with E-state index >= 15 is 0 Å². The highest BCUT2D eigenvalue weighted by atomic mass is 16.5. The van der Waals surface area contributed by atoms with Gasteiger partial charge in [0.05, 0.1) is 13.7 Å². The van der Waals surface area contributed by atoms with E-state index < -0.39 is 5.97 Å². The molecule has 188 valence electrons. The Morgan fingerprint density at radius 2 is 1.89 bits per heavy atom. The van der Waals surface area contributed by atoms with E-state index in [9.17, 15) is 9.90 Å². The average Bonchev–Trinajstić information content (AvgIpc) is 3.23. The fraction of sp³-hybridized carbons (Fsp3) is 0.464. The van der Waals surface area contributed by atoms with Crippen molar-refractivity contribution in [3.05, 3.63) is 59.3 Å². The van der Waals surface area contributed by atoms with Crippen LogP contribution >= 0.6 is 0 Å². The molecular weight excluding hydrogens is 444 g/mol. The molecule has 2 heterocycles. The van der Waals surface area contributed by atoms with Crippen molar-refractivity contribution in [1.29, 1.82) is 0 Å². The summed E-state index contributed by atoms with van der Waals surface area (Å²) in [6, 6.07) is 11.6. The molecule has 0 atom stereocenters. The van der Waals surface area contributed by atoms with E-state index in [1.165, 1.54) is 16.5 Å². The highest BCUT2D eigenvalue weighted by Gasteiger charge is 2.24. The number of carboxylic acids is 1. The molecule has 0 aliphatic carbocycles. The van der Waals surface area contributed by atoms with Crippen LogP contribution in [-0.4, -0.2) is 67.1 Å². The standard InChI is InChI=1S/C28H36N2O5/c1-4-34-15-14-30-19-25(23-18-22(33-3)6-7-26(23)30)21-9-11-29(12-10-21)13-16-35-27-8-5-20(2)17-24(27)28(31)32/h5-8,17-19,21H,4,9-16H2,1-3H3,(H,31,32). The van der Waals surface area contributed by atoms with E-state index in [1.807, 2.05) is 26.0 Å². The van der Waals surface area contributed by atoms with Crippen molar-refractivity contribution in [3.63, 3.8) is 0 Å². The summed E-state index contributed by atoms with van der Waals surface area (Å²) < 4.78 is 19.3. The van der Waals surface area contributed by atoms with Crippen molar-refractivity contribution in [2.75, 3.05) is 46.6 Å². The molecule has 3 aromatic rings. The zero-order valence-corrected chi connectivity index (χ0v) is 21.0. The van der Waals surface area contributed by atoms with Gasteiger partial charge in [0.15, 0.2) is 0 Å². The first-order chi connectivity index (χ1) is 17.0. The van der Waals surface area contributed by atoms with Gasteiger partial charge in [0.25, 0.3) is 0 Å². The normalized spacial score (nSPS) is 14.9. The van der Waals surface area contributed by atoms with E-state index in [-0.39, 0.29) is 5.56 Å². The number of likely N-dealkylation sites (tertiary alicyclic amines) is 1. The maximum Gasteiger partial charge on any atom is 0.339 e. The first-order valence-corrected chi connectivity index (χ1v) is 12.4. The fourth-order valence-electron chi connectivity index (χ4n) is 4.94. The van der Waals surface area contributed by atoms with Crippen LogP contribution in [0.15, 0.2) is 42.6 Å². The zero-order valence-electron chi connectivity index (χ0n) is 21.0. The molecule has 1 fully saturated rings. The number of fused-ring (bicyclic) bond motifs is 1. The van der Waals surface area contributed by atoms with Gasteiger partial charge in [0.2, 0.25) is 0 Å². The number of hydrogen-bond acceptors (Lipinski definition) is 5. The summed E-state index contributed by atoms with van der Waals surface area (Å²) in [7, 11) is 1.71. The predicted molar refractivity (Wildman–Crippen MR) is 137 cm³/mol. The summed E-state index contributed by atoms with van der Waals surface area (Å²) in [6.45, 7) is 9.41. The van der Waals surface area contributed by atoms with Crippen molar-refractivity contribution in [3.8, 4) is 11.5 Å². The van der Waals surface area contributed by atoms with Gasteiger partial charge in [-0.15, -0.1) is 0 Å². The monoisotopic (exact) mass is 480 g/mol. The molecule has 0 bridgehead atoms. The van der Waals surface area contributed by atoms with Crippen molar-refractivity contribution in [1.82, 2.24) is 9.47 Å². The molecule has 0 unspecified atom stereocenters. The number of benzene rings is 2. The number of aromatic nitrogens is 1. The number of aryl methyl sites for hydroxylation is 1. The molecule has 7 heteroatoms. The second kappa shape index (κ2) is 11.6. The molecular formula is C28H36N2O5. The zero-order chi connectivity index (χ0) is 24.8. The summed E-state index contributed by atoms with van der Waals surface area (Å²) in [6.07, 6.45) is 4.46. The number of rotatable bonds is 11. The Balaban J connectivity index is 1.38. The van der Waals surface area contributed by atoms with E-state index in [4.69, 9.17) is 14.2 Å². The first kappa shape index (κ1) is 25.1. The van der Waals surface area contributed by atoms with Crippen LogP contribution in [0.5, 0.6) is 11.5 Å². The Morgan fingerprint density at radius 1 is 1.09 bits per heavy atom. The van der Waals surface area contributed by atoms with Gasteiger partial charge in [-0.3, -0.25) is 4.90 Å². The summed E-state index contributed by atoms with van der Waals surface area (Å²) in [4.78, 5) is 13.9. The molecule has 4 rings (SSSR count). The molecule has 1 aromatic heterocycles. The van der Waals surface area contributed by atoms with Gasteiger partial charge < -0.3 is 23.9 Å². The number of aromatic carboxylic acids is 1. The minimum Gasteiger partial charge on any atom is -0.497 e. The third kappa shape index (κ3) is 5.97. The number of methoxy groups -OCH3 is 1. The van der Waals surface area contributed by atoms with E-state index in [2.05, 4.69) is 27.8 Å². The topological polar surface area (TPSA) is 73.2 Å². The van der Waals surface area contributed by atoms with Crippen LogP contribution < -0.4 is 9.47 Å². The van der Waals surface area contributed by atoms with Crippen molar-refractivity contribution >= 4 is 16.9 Å². The lowest BCUT2D eigenvalue weighted by molar-refractivity contribution is 0.0691. The van der Waals surface area contributed by atoms with E-state index in [0.29, 0.717) is 24.9 Å². The summed E-state index contributed by atoms with van der Waals surface area (Å²) in [5.41, 5.74) is 3.74. The molecule has 0 spiro atoms. The van der Waals surface area contributed by atoms with Crippen LogP contribution in [0.4, 0.5) is 0 Å². The Bertz CT molecular complexity index is 1150. The minimum atomic E-state index is -0.957. The smallest absolute Gasteiger partial charge is 0.339 e. The molecule has 0 saturated carbocycles.